The molecule has 4 heterocycles. The van der Waals surface area contributed by atoms with Crippen LogP contribution in [0, 0.1) is 29.9 Å². The lowest BCUT2D eigenvalue weighted by molar-refractivity contribution is -0.137. The fraction of sp³-hybridized carbons (Fsp3) is 0.535. The molecule has 3 aliphatic rings. The number of carbonyl (C=O) groups is 4. The molecule has 12 nitrogen and oxygen atoms in total. The molecule has 2 fully saturated rings. The zero-order valence-electron chi connectivity index (χ0n) is 34.2. The van der Waals surface area contributed by atoms with E-state index in [1.54, 1.807) is 38.7 Å². The van der Waals surface area contributed by atoms with Crippen molar-refractivity contribution < 1.29 is 37.1 Å². The summed E-state index contributed by atoms with van der Waals surface area (Å²) in [4.78, 5) is 63.0. The van der Waals surface area contributed by atoms with Gasteiger partial charge in [0.25, 0.3) is 11.8 Å². The molecule has 2 aromatic carbocycles. The average Bonchev–Trinajstić information content (AvgIpc) is 3.83. The molecule has 3 aliphatic heterocycles. The number of ether oxygens (including phenoxy) is 1. The van der Waals surface area contributed by atoms with Crippen LogP contribution in [0.1, 0.15) is 83.3 Å². The fourth-order valence-corrected chi connectivity index (χ4v) is 8.20. The lowest BCUT2D eigenvalue weighted by Gasteiger charge is -2.45. The maximum atomic E-state index is 16.2. The Hall–Kier alpha value is -5.05. The van der Waals surface area contributed by atoms with E-state index in [1.807, 2.05) is 41.5 Å². The van der Waals surface area contributed by atoms with Crippen molar-refractivity contribution in [2.75, 3.05) is 39.3 Å². The molecule has 58 heavy (non-hydrogen) atoms. The van der Waals surface area contributed by atoms with Gasteiger partial charge in [0.05, 0.1) is 36.9 Å². The summed E-state index contributed by atoms with van der Waals surface area (Å²) in [5, 5.41) is 4.78. The van der Waals surface area contributed by atoms with E-state index < -0.39 is 35.2 Å². The predicted octanol–water partition coefficient (Wildman–Crippen LogP) is 6.48. The van der Waals surface area contributed by atoms with Gasteiger partial charge in [0.1, 0.15) is 17.8 Å². The Labute approximate surface area is 338 Å². The molecule has 0 spiro atoms. The number of urea groups is 1. The predicted molar refractivity (Wildman–Crippen MR) is 211 cm³/mol. The number of halogens is 3. The highest BCUT2D eigenvalue weighted by Crippen LogP contribution is 2.41. The standard InChI is InChI=1S/C43H54F3N7O5/c1-27-14-15-34(45)33(19-27)40-47-41(53(48-40)23-30-11-10-12-32(44)20-30)39(43(4,5)6)52(42(57)50-21-28(2)58-29(3)22-50)25-31-24-49(26-35(31)46)36(54)13-8-7-9-18-51-37(55)16-17-38(51)56/h10-12,14-17,19-20,28-29,31,35,39H,7-9,13,18,21-26H2,1-6H3. The van der Waals surface area contributed by atoms with Crippen LogP contribution in [0.3, 0.4) is 0 Å². The van der Waals surface area contributed by atoms with Gasteiger partial charge in [-0.25, -0.2) is 27.6 Å². The molecular weight excluding hydrogens is 752 g/mol. The zero-order valence-corrected chi connectivity index (χ0v) is 34.2. The summed E-state index contributed by atoms with van der Waals surface area (Å²) in [5.41, 5.74) is 0.798. The summed E-state index contributed by atoms with van der Waals surface area (Å²) >= 11 is 0. The number of benzene rings is 2. The molecule has 0 bridgehead atoms. The summed E-state index contributed by atoms with van der Waals surface area (Å²) in [6.45, 7) is 12.3. The normalized spacial score (nSPS) is 21.6. The summed E-state index contributed by atoms with van der Waals surface area (Å²) < 4.78 is 53.6. The first-order valence-electron chi connectivity index (χ1n) is 20.1. The number of hydrogen-bond acceptors (Lipinski definition) is 7. The first-order valence-corrected chi connectivity index (χ1v) is 20.1. The van der Waals surface area contributed by atoms with Crippen LogP contribution in [0.15, 0.2) is 54.6 Å². The molecule has 6 rings (SSSR count). The Morgan fingerprint density at radius 2 is 1.64 bits per heavy atom. The van der Waals surface area contributed by atoms with Crippen molar-refractivity contribution in [1.82, 2.24) is 34.4 Å². The van der Waals surface area contributed by atoms with Gasteiger partial charge in [0.15, 0.2) is 11.6 Å². The molecule has 1 aromatic heterocycles. The number of rotatable bonds is 13. The van der Waals surface area contributed by atoms with Crippen molar-refractivity contribution in [3.8, 4) is 11.4 Å². The Balaban J connectivity index is 1.30. The third-order valence-corrected chi connectivity index (χ3v) is 10.9. The first kappa shape index (κ1) is 42.6. The van der Waals surface area contributed by atoms with Gasteiger partial charge in [-0.1, -0.05) is 51.0 Å². The Morgan fingerprint density at radius 3 is 2.31 bits per heavy atom. The van der Waals surface area contributed by atoms with E-state index in [-0.39, 0.29) is 86.5 Å². The maximum Gasteiger partial charge on any atom is 0.320 e. The SMILES string of the molecule is Cc1ccc(F)c(-c2nc(C(N(CC3CN(C(=O)CCCCCN4C(=O)C=CC4=O)CC3F)C(=O)N3CC(C)OC(C)C3)C(C)(C)C)n(Cc3cccc(F)c3)n2)c1. The van der Waals surface area contributed by atoms with Crippen molar-refractivity contribution >= 4 is 23.8 Å². The smallest absolute Gasteiger partial charge is 0.320 e. The van der Waals surface area contributed by atoms with E-state index in [4.69, 9.17) is 14.8 Å². The molecule has 5 atom stereocenters. The minimum absolute atomic E-state index is 0.0568. The molecule has 0 saturated carbocycles. The molecule has 312 valence electrons. The number of alkyl halides is 1. The van der Waals surface area contributed by atoms with Gasteiger partial charge in [-0.3, -0.25) is 19.3 Å². The second-order valence-corrected chi connectivity index (χ2v) is 17.0. The lowest BCUT2D eigenvalue weighted by atomic mass is 9.84. The number of hydrogen-bond donors (Lipinski definition) is 0. The van der Waals surface area contributed by atoms with Gasteiger partial charge in [0.2, 0.25) is 5.91 Å². The van der Waals surface area contributed by atoms with Crippen molar-refractivity contribution in [1.29, 1.82) is 0 Å². The fourth-order valence-electron chi connectivity index (χ4n) is 8.20. The molecule has 5 amide bonds. The highest BCUT2D eigenvalue weighted by molar-refractivity contribution is 6.12. The third-order valence-electron chi connectivity index (χ3n) is 10.9. The Bertz CT molecular complexity index is 2000. The Morgan fingerprint density at radius 1 is 0.931 bits per heavy atom. The van der Waals surface area contributed by atoms with Crippen LogP contribution in [0.5, 0.6) is 0 Å². The molecule has 2 saturated heterocycles. The van der Waals surface area contributed by atoms with E-state index in [2.05, 4.69) is 0 Å². The zero-order chi connectivity index (χ0) is 41.9. The quantitative estimate of drug-likeness (QED) is 0.143. The third kappa shape index (κ3) is 9.96. The summed E-state index contributed by atoms with van der Waals surface area (Å²) in [6, 6.07) is 9.51. The lowest BCUT2D eigenvalue weighted by Crippen LogP contribution is -2.56. The van der Waals surface area contributed by atoms with Gasteiger partial charge in [0, 0.05) is 57.2 Å². The van der Waals surface area contributed by atoms with Crippen LogP contribution in [-0.2, 0) is 25.7 Å². The van der Waals surface area contributed by atoms with Crippen molar-refractivity contribution in [3.63, 3.8) is 0 Å². The Kier molecular flexibility index (Phi) is 13.1. The van der Waals surface area contributed by atoms with Crippen LogP contribution in [-0.4, -0.2) is 116 Å². The van der Waals surface area contributed by atoms with Crippen LogP contribution >= 0.6 is 0 Å². The van der Waals surface area contributed by atoms with Gasteiger partial charge in [-0.15, -0.1) is 0 Å². The number of aromatic nitrogens is 3. The van der Waals surface area contributed by atoms with E-state index in [1.165, 1.54) is 40.2 Å². The number of unbranched alkanes of at least 4 members (excludes halogenated alkanes) is 2. The maximum absolute atomic E-state index is 16.2. The topological polar surface area (TPSA) is 121 Å². The summed E-state index contributed by atoms with van der Waals surface area (Å²) in [7, 11) is 0. The average molecular weight is 806 g/mol. The van der Waals surface area contributed by atoms with E-state index in [9.17, 15) is 23.6 Å². The number of imide groups is 1. The number of nitrogens with zero attached hydrogens (tertiary/aromatic N) is 7. The summed E-state index contributed by atoms with van der Waals surface area (Å²) in [5.74, 6) is -2.17. The van der Waals surface area contributed by atoms with Gasteiger partial charge in [-0.2, -0.15) is 5.10 Å². The van der Waals surface area contributed by atoms with Gasteiger partial charge < -0.3 is 19.4 Å². The van der Waals surface area contributed by atoms with Gasteiger partial charge >= 0.3 is 6.03 Å². The van der Waals surface area contributed by atoms with E-state index in [0.29, 0.717) is 43.7 Å². The molecule has 5 unspecified atom stereocenters. The molecule has 0 aliphatic carbocycles. The van der Waals surface area contributed by atoms with Crippen LogP contribution in [0.4, 0.5) is 18.0 Å². The number of likely N-dealkylation sites (tertiary alicyclic amines) is 1. The molecule has 0 radical (unpaired) electrons. The highest BCUT2D eigenvalue weighted by Gasteiger charge is 2.45. The van der Waals surface area contributed by atoms with Crippen molar-refractivity contribution in [3.05, 3.63) is 83.2 Å². The van der Waals surface area contributed by atoms with Crippen molar-refractivity contribution in [2.24, 2.45) is 11.3 Å². The van der Waals surface area contributed by atoms with Crippen LogP contribution < -0.4 is 0 Å². The highest BCUT2D eigenvalue weighted by atomic mass is 19.1. The number of aryl methyl sites for hydroxylation is 1. The second kappa shape index (κ2) is 17.8. The second-order valence-electron chi connectivity index (χ2n) is 17.0. The minimum Gasteiger partial charge on any atom is -0.372 e. The van der Waals surface area contributed by atoms with Crippen LogP contribution in [0.25, 0.3) is 11.4 Å². The van der Waals surface area contributed by atoms with E-state index in [0.717, 1.165) is 5.56 Å². The number of morpholine rings is 1. The number of carbonyl (C=O) groups excluding carboxylic acids is 4. The van der Waals surface area contributed by atoms with Gasteiger partial charge in [-0.05, 0) is 68.9 Å². The molecule has 3 aromatic rings. The minimum atomic E-state index is -1.43. The van der Waals surface area contributed by atoms with Crippen molar-refractivity contribution in [2.45, 2.75) is 98.2 Å². The van der Waals surface area contributed by atoms with E-state index >= 15 is 8.78 Å². The van der Waals surface area contributed by atoms with Crippen LogP contribution in [0.2, 0.25) is 0 Å². The summed E-state index contributed by atoms with van der Waals surface area (Å²) in [6.07, 6.45) is 2.39. The molecule has 15 heteroatoms. The first-order chi connectivity index (χ1) is 27.5. The largest absolute Gasteiger partial charge is 0.372 e. The molecular formula is C43H54F3N7O5. The molecule has 0 N–H and O–H groups in total. The number of amides is 5. The monoisotopic (exact) mass is 805 g/mol.